The highest BCUT2D eigenvalue weighted by Crippen LogP contribution is 2.18. The van der Waals surface area contributed by atoms with E-state index in [9.17, 15) is 4.79 Å². The summed E-state index contributed by atoms with van der Waals surface area (Å²) in [5.41, 5.74) is 2.73. The van der Waals surface area contributed by atoms with Crippen molar-refractivity contribution in [3.63, 3.8) is 0 Å². The van der Waals surface area contributed by atoms with Crippen LogP contribution in [0.15, 0.2) is 54.6 Å². The maximum absolute atomic E-state index is 12.1. The Bertz CT molecular complexity index is 609. The highest BCUT2D eigenvalue weighted by molar-refractivity contribution is 5.89. The first-order valence-corrected chi connectivity index (χ1v) is 7.74. The molecule has 1 unspecified atom stereocenters. The second kappa shape index (κ2) is 8.46. The number of nitrogens with one attached hydrogen (secondary N) is 1. The molecular formula is C19H24N2O2. The zero-order chi connectivity index (χ0) is 16.7. The summed E-state index contributed by atoms with van der Waals surface area (Å²) in [6.07, 6.45) is 0. The molecule has 0 bridgehead atoms. The summed E-state index contributed by atoms with van der Waals surface area (Å²) < 4.78 is 5.35. The minimum atomic E-state index is -0.296. The van der Waals surface area contributed by atoms with E-state index in [4.69, 9.17) is 4.74 Å². The number of esters is 1. The second-order valence-electron chi connectivity index (χ2n) is 5.72. The van der Waals surface area contributed by atoms with Crippen molar-refractivity contribution in [2.24, 2.45) is 0 Å². The molecular weight excluding hydrogens is 288 g/mol. The van der Waals surface area contributed by atoms with Gasteiger partial charge in [0.15, 0.2) is 0 Å². The third-order valence-electron chi connectivity index (χ3n) is 3.76. The maximum atomic E-state index is 12.1. The largest absolute Gasteiger partial charge is 0.457 e. The molecule has 0 aliphatic carbocycles. The third kappa shape index (κ3) is 4.91. The van der Waals surface area contributed by atoms with E-state index in [0.29, 0.717) is 12.2 Å². The molecule has 0 saturated carbocycles. The van der Waals surface area contributed by atoms with E-state index in [-0.39, 0.29) is 12.0 Å². The number of nitrogens with zero attached hydrogens (tertiary/aromatic N) is 1. The van der Waals surface area contributed by atoms with Gasteiger partial charge in [0.25, 0.3) is 0 Å². The number of carbonyl (C=O) groups excluding carboxylic acids is 1. The Hall–Kier alpha value is -2.17. The lowest BCUT2D eigenvalue weighted by Crippen LogP contribution is -2.29. The van der Waals surface area contributed by atoms with Gasteiger partial charge in [0.1, 0.15) is 6.61 Å². The van der Waals surface area contributed by atoms with Crippen molar-refractivity contribution in [1.82, 2.24) is 10.2 Å². The highest BCUT2D eigenvalue weighted by atomic mass is 16.5. The van der Waals surface area contributed by atoms with Gasteiger partial charge in [-0.2, -0.15) is 0 Å². The lowest BCUT2D eigenvalue weighted by molar-refractivity contribution is 0.0472. The highest BCUT2D eigenvalue weighted by Gasteiger charge is 2.14. The standard InChI is InChI=1S/C19H24N2O2/c1-20-13-18(21(2)3)16-9-11-17(12-10-16)19(22)23-14-15-7-5-4-6-8-15/h4-12,18,20H,13-14H2,1-3H3. The fraction of sp³-hybridized carbons (Fsp3) is 0.316. The van der Waals surface area contributed by atoms with E-state index in [1.54, 1.807) is 0 Å². The number of ether oxygens (including phenoxy) is 1. The molecule has 0 heterocycles. The molecule has 2 aromatic rings. The molecule has 0 radical (unpaired) electrons. The number of hydrogen-bond acceptors (Lipinski definition) is 4. The van der Waals surface area contributed by atoms with Gasteiger partial charge in [-0.1, -0.05) is 42.5 Å². The summed E-state index contributed by atoms with van der Waals surface area (Å²) in [5.74, 6) is -0.296. The van der Waals surface area contributed by atoms with E-state index >= 15 is 0 Å². The first-order chi connectivity index (χ1) is 11.1. The predicted molar refractivity (Wildman–Crippen MR) is 92.4 cm³/mol. The normalized spacial score (nSPS) is 12.2. The first-order valence-electron chi connectivity index (χ1n) is 7.74. The Morgan fingerprint density at radius 2 is 1.74 bits per heavy atom. The molecule has 0 amide bonds. The molecule has 0 spiro atoms. The number of benzene rings is 2. The summed E-state index contributed by atoms with van der Waals surface area (Å²) in [6.45, 7) is 1.15. The SMILES string of the molecule is CNCC(c1ccc(C(=O)OCc2ccccc2)cc1)N(C)C. The van der Waals surface area contributed by atoms with Crippen LogP contribution in [0.2, 0.25) is 0 Å². The van der Waals surface area contributed by atoms with Gasteiger partial charge in [0.05, 0.1) is 5.56 Å². The molecule has 0 aliphatic heterocycles. The van der Waals surface area contributed by atoms with Crippen LogP contribution in [0.5, 0.6) is 0 Å². The summed E-state index contributed by atoms with van der Waals surface area (Å²) in [7, 11) is 6.03. The molecule has 4 heteroatoms. The lowest BCUT2D eigenvalue weighted by Gasteiger charge is -2.24. The van der Waals surface area contributed by atoms with Crippen LogP contribution in [0.25, 0.3) is 0 Å². The van der Waals surface area contributed by atoms with Crippen LogP contribution in [-0.4, -0.2) is 38.6 Å². The summed E-state index contributed by atoms with van der Waals surface area (Å²) >= 11 is 0. The smallest absolute Gasteiger partial charge is 0.338 e. The van der Waals surface area contributed by atoms with Gasteiger partial charge in [-0.3, -0.25) is 0 Å². The van der Waals surface area contributed by atoms with Crippen LogP contribution in [-0.2, 0) is 11.3 Å². The van der Waals surface area contributed by atoms with E-state index < -0.39 is 0 Å². The molecule has 1 N–H and O–H groups in total. The van der Waals surface area contributed by atoms with Crippen LogP contribution in [0.4, 0.5) is 0 Å². The van der Waals surface area contributed by atoms with Crippen molar-refractivity contribution in [1.29, 1.82) is 0 Å². The van der Waals surface area contributed by atoms with Gasteiger partial charge in [-0.05, 0) is 44.4 Å². The first kappa shape index (κ1) is 17.2. The van der Waals surface area contributed by atoms with E-state index in [2.05, 4.69) is 10.2 Å². The van der Waals surface area contributed by atoms with Gasteiger partial charge in [0.2, 0.25) is 0 Å². The third-order valence-corrected chi connectivity index (χ3v) is 3.76. The minimum Gasteiger partial charge on any atom is -0.457 e. The molecule has 23 heavy (non-hydrogen) atoms. The Labute approximate surface area is 138 Å². The predicted octanol–water partition coefficient (Wildman–Crippen LogP) is 2.87. The second-order valence-corrected chi connectivity index (χ2v) is 5.72. The number of hydrogen-bond donors (Lipinski definition) is 1. The van der Waals surface area contributed by atoms with Crippen molar-refractivity contribution in [3.05, 3.63) is 71.3 Å². The molecule has 122 valence electrons. The minimum absolute atomic E-state index is 0.273. The van der Waals surface area contributed by atoms with Crippen LogP contribution in [0.3, 0.4) is 0 Å². The topological polar surface area (TPSA) is 41.6 Å². The van der Waals surface area contributed by atoms with E-state index in [0.717, 1.165) is 12.1 Å². The molecule has 2 rings (SSSR count). The molecule has 0 saturated heterocycles. The monoisotopic (exact) mass is 312 g/mol. The van der Waals surface area contributed by atoms with Crippen LogP contribution >= 0.6 is 0 Å². The van der Waals surface area contributed by atoms with Crippen molar-refractivity contribution in [3.8, 4) is 0 Å². The van der Waals surface area contributed by atoms with Gasteiger partial charge >= 0.3 is 5.97 Å². The van der Waals surface area contributed by atoms with Crippen molar-refractivity contribution in [2.75, 3.05) is 27.7 Å². The number of carbonyl (C=O) groups is 1. The van der Waals surface area contributed by atoms with Crippen LogP contribution < -0.4 is 5.32 Å². The van der Waals surface area contributed by atoms with Crippen LogP contribution in [0.1, 0.15) is 27.5 Å². The van der Waals surface area contributed by atoms with Gasteiger partial charge < -0.3 is 15.0 Å². The summed E-state index contributed by atoms with van der Waals surface area (Å²) in [6, 6.07) is 17.6. The molecule has 4 nitrogen and oxygen atoms in total. The van der Waals surface area contributed by atoms with Crippen molar-refractivity contribution >= 4 is 5.97 Å². The fourth-order valence-corrected chi connectivity index (χ4v) is 2.44. The van der Waals surface area contributed by atoms with Gasteiger partial charge in [-0.15, -0.1) is 0 Å². The Kier molecular flexibility index (Phi) is 6.32. The molecule has 0 fully saturated rings. The molecule has 0 aromatic heterocycles. The van der Waals surface area contributed by atoms with Crippen LogP contribution in [0, 0.1) is 0 Å². The Balaban J connectivity index is 1.99. The van der Waals surface area contributed by atoms with Crippen molar-refractivity contribution in [2.45, 2.75) is 12.6 Å². The summed E-state index contributed by atoms with van der Waals surface area (Å²) in [5, 5.41) is 3.19. The number of likely N-dealkylation sites (N-methyl/N-ethyl adjacent to an activating group) is 2. The van der Waals surface area contributed by atoms with Gasteiger partial charge in [0, 0.05) is 12.6 Å². The zero-order valence-electron chi connectivity index (χ0n) is 14.0. The summed E-state index contributed by atoms with van der Waals surface area (Å²) in [4.78, 5) is 14.3. The van der Waals surface area contributed by atoms with Gasteiger partial charge in [-0.25, -0.2) is 4.79 Å². The molecule has 0 aliphatic rings. The van der Waals surface area contributed by atoms with E-state index in [1.165, 1.54) is 5.56 Å². The fourth-order valence-electron chi connectivity index (χ4n) is 2.44. The average Bonchev–Trinajstić information content (AvgIpc) is 2.58. The average molecular weight is 312 g/mol. The quantitative estimate of drug-likeness (QED) is 0.798. The Morgan fingerprint density at radius 1 is 1.09 bits per heavy atom. The maximum Gasteiger partial charge on any atom is 0.338 e. The molecule has 2 aromatic carbocycles. The van der Waals surface area contributed by atoms with E-state index in [1.807, 2.05) is 75.7 Å². The van der Waals surface area contributed by atoms with Crippen molar-refractivity contribution < 1.29 is 9.53 Å². The molecule has 1 atom stereocenters. The number of rotatable bonds is 7. The lowest BCUT2D eigenvalue weighted by atomic mass is 10.0. The Morgan fingerprint density at radius 3 is 2.30 bits per heavy atom. The zero-order valence-corrected chi connectivity index (χ0v) is 14.0.